The average Bonchev–Trinajstić information content (AvgIpc) is 2.28. The van der Waals surface area contributed by atoms with E-state index in [-0.39, 0.29) is 6.04 Å². The molecule has 0 spiro atoms. The van der Waals surface area contributed by atoms with Crippen molar-refractivity contribution in [3.63, 3.8) is 0 Å². The van der Waals surface area contributed by atoms with Gasteiger partial charge in [-0.15, -0.1) is 0 Å². The quantitative estimate of drug-likeness (QED) is 0.851. The molecule has 0 saturated heterocycles. The van der Waals surface area contributed by atoms with Gasteiger partial charge in [0.25, 0.3) is 0 Å². The highest BCUT2D eigenvalue weighted by Crippen LogP contribution is 2.18. The van der Waals surface area contributed by atoms with Crippen LogP contribution in [0, 0.1) is 0 Å². The summed E-state index contributed by atoms with van der Waals surface area (Å²) in [6.45, 7) is 6.25. The molecular formula is C13H19NO2. The molecule has 0 aliphatic heterocycles. The van der Waals surface area contributed by atoms with Gasteiger partial charge in [0.05, 0.1) is 13.2 Å². The molecule has 1 rings (SSSR count). The monoisotopic (exact) mass is 221 g/mol. The number of methoxy groups -OCH3 is 1. The van der Waals surface area contributed by atoms with E-state index in [0.29, 0.717) is 5.92 Å². The van der Waals surface area contributed by atoms with Crippen molar-refractivity contribution in [2.24, 2.45) is 0 Å². The Bertz CT molecular complexity index is 343. The maximum atomic E-state index is 11.0. The van der Waals surface area contributed by atoms with E-state index in [4.69, 9.17) is 0 Å². The Balaban J connectivity index is 2.70. The van der Waals surface area contributed by atoms with E-state index in [9.17, 15) is 4.79 Å². The van der Waals surface area contributed by atoms with E-state index in [1.165, 1.54) is 12.7 Å². The normalized spacial score (nSPS) is 12.3. The van der Waals surface area contributed by atoms with Crippen molar-refractivity contribution >= 4 is 6.09 Å². The molecule has 0 aromatic heterocycles. The first kappa shape index (κ1) is 12.6. The number of amides is 1. The second-order valence-corrected chi connectivity index (χ2v) is 4.18. The third-order valence-electron chi connectivity index (χ3n) is 2.62. The summed E-state index contributed by atoms with van der Waals surface area (Å²) in [5.74, 6) is 0.526. The maximum Gasteiger partial charge on any atom is 0.407 e. The summed E-state index contributed by atoms with van der Waals surface area (Å²) in [6, 6.07) is 8.23. The van der Waals surface area contributed by atoms with E-state index in [1.807, 2.05) is 19.1 Å². The second kappa shape index (κ2) is 5.54. The van der Waals surface area contributed by atoms with Crippen LogP contribution in [0.5, 0.6) is 0 Å². The average molecular weight is 221 g/mol. The van der Waals surface area contributed by atoms with Crippen molar-refractivity contribution in [1.82, 2.24) is 5.32 Å². The van der Waals surface area contributed by atoms with Crippen LogP contribution >= 0.6 is 0 Å². The zero-order chi connectivity index (χ0) is 12.1. The predicted octanol–water partition coefficient (Wildman–Crippen LogP) is 3.23. The molecule has 1 unspecified atom stereocenters. The van der Waals surface area contributed by atoms with Gasteiger partial charge in [-0.05, 0) is 24.0 Å². The molecule has 3 heteroatoms. The fourth-order valence-electron chi connectivity index (χ4n) is 1.49. The number of hydrogen-bond acceptors (Lipinski definition) is 2. The molecule has 0 radical (unpaired) electrons. The molecule has 0 saturated carbocycles. The van der Waals surface area contributed by atoms with E-state index < -0.39 is 6.09 Å². The number of carbonyl (C=O) groups excluding carboxylic acids is 1. The Kier molecular flexibility index (Phi) is 4.35. The van der Waals surface area contributed by atoms with Crippen LogP contribution < -0.4 is 5.32 Å². The number of carbonyl (C=O) groups is 1. The Hall–Kier alpha value is -1.51. The molecule has 0 heterocycles. The van der Waals surface area contributed by atoms with E-state index in [2.05, 4.69) is 36.0 Å². The SMILES string of the molecule is COC(=O)NC(C)c1ccc(C(C)C)cc1. The summed E-state index contributed by atoms with van der Waals surface area (Å²) >= 11 is 0. The Morgan fingerprint density at radius 2 is 1.62 bits per heavy atom. The first-order valence-electron chi connectivity index (χ1n) is 5.49. The van der Waals surface area contributed by atoms with Crippen molar-refractivity contribution in [3.8, 4) is 0 Å². The highest BCUT2D eigenvalue weighted by Gasteiger charge is 2.09. The number of hydrogen-bond donors (Lipinski definition) is 1. The van der Waals surface area contributed by atoms with Gasteiger partial charge >= 0.3 is 6.09 Å². The minimum atomic E-state index is -0.402. The van der Waals surface area contributed by atoms with Gasteiger partial charge in [0, 0.05) is 0 Å². The van der Waals surface area contributed by atoms with Crippen LogP contribution in [-0.2, 0) is 4.74 Å². The molecule has 1 amide bonds. The molecule has 0 aliphatic carbocycles. The fourth-order valence-corrected chi connectivity index (χ4v) is 1.49. The van der Waals surface area contributed by atoms with Crippen molar-refractivity contribution in [1.29, 1.82) is 0 Å². The molecule has 0 aliphatic rings. The van der Waals surface area contributed by atoms with Crippen molar-refractivity contribution in [2.75, 3.05) is 7.11 Å². The fraction of sp³-hybridized carbons (Fsp3) is 0.462. The smallest absolute Gasteiger partial charge is 0.407 e. The van der Waals surface area contributed by atoms with Crippen LogP contribution in [0.2, 0.25) is 0 Å². The number of nitrogens with one attached hydrogen (secondary N) is 1. The van der Waals surface area contributed by atoms with Gasteiger partial charge < -0.3 is 10.1 Å². The maximum absolute atomic E-state index is 11.0. The van der Waals surface area contributed by atoms with Gasteiger partial charge in [-0.3, -0.25) is 0 Å². The topological polar surface area (TPSA) is 38.3 Å². The third kappa shape index (κ3) is 3.26. The lowest BCUT2D eigenvalue weighted by atomic mass is 10.00. The Labute approximate surface area is 96.8 Å². The van der Waals surface area contributed by atoms with Crippen LogP contribution in [0.25, 0.3) is 0 Å². The number of ether oxygens (including phenoxy) is 1. The minimum Gasteiger partial charge on any atom is -0.453 e. The van der Waals surface area contributed by atoms with Gasteiger partial charge in [0.1, 0.15) is 0 Å². The minimum absolute atomic E-state index is 0.0336. The van der Waals surface area contributed by atoms with Gasteiger partial charge in [-0.25, -0.2) is 4.79 Å². The van der Waals surface area contributed by atoms with E-state index in [0.717, 1.165) is 5.56 Å². The standard InChI is InChI=1S/C13H19NO2/c1-9(2)11-5-7-12(8-6-11)10(3)14-13(15)16-4/h5-10H,1-4H3,(H,14,15). The lowest BCUT2D eigenvalue weighted by Crippen LogP contribution is -2.26. The van der Waals surface area contributed by atoms with Crippen LogP contribution in [-0.4, -0.2) is 13.2 Å². The lowest BCUT2D eigenvalue weighted by Gasteiger charge is -2.14. The largest absolute Gasteiger partial charge is 0.453 e. The highest BCUT2D eigenvalue weighted by atomic mass is 16.5. The van der Waals surface area contributed by atoms with Crippen LogP contribution in [0.15, 0.2) is 24.3 Å². The first-order valence-corrected chi connectivity index (χ1v) is 5.49. The van der Waals surface area contributed by atoms with Gasteiger partial charge in [0.15, 0.2) is 0 Å². The number of benzene rings is 1. The van der Waals surface area contributed by atoms with Gasteiger partial charge in [-0.1, -0.05) is 38.1 Å². The van der Waals surface area contributed by atoms with Crippen LogP contribution in [0.3, 0.4) is 0 Å². The zero-order valence-corrected chi connectivity index (χ0v) is 10.3. The summed E-state index contributed by atoms with van der Waals surface area (Å²) in [5.41, 5.74) is 2.38. The predicted molar refractivity (Wildman–Crippen MR) is 64.5 cm³/mol. The molecule has 1 N–H and O–H groups in total. The van der Waals surface area contributed by atoms with Gasteiger partial charge in [-0.2, -0.15) is 0 Å². The summed E-state index contributed by atoms with van der Waals surface area (Å²) in [4.78, 5) is 11.0. The Morgan fingerprint density at radius 1 is 1.12 bits per heavy atom. The molecule has 0 bridgehead atoms. The number of alkyl carbamates (subject to hydrolysis) is 1. The van der Waals surface area contributed by atoms with Crippen molar-refractivity contribution in [2.45, 2.75) is 32.7 Å². The summed E-state index contributed by atoms with van der Waals surface area (Å²) < 4.78 is 4.55. The zero-order valence-electron chi connectivity index (χ0n) is 10.3. The summed E-state index contributed by atoms with van der Waals surface area (Å²) in [5, 5.41) is 2.73. The molecule has 16 heavy (non-hydrogen) atoms. The highest BCUT2D eigenvalue weighted by molar-refractivity contribution is 5.67. The van der Waals surface area contributed by atoms with Crippen LogP contribution in [0.4, 0.5) is 4.79 Å². The molecule has 1 aromatic carbocycles. The molecule has 1 aromatic rings. The summed E-state index contributed by atoms with van der Waals surface area (Å²) in [6.07, 6.45) is -0.402. The Morgan fingerprint density at radius 3 is 2.06 bits per heavy atom. The molecule has 1 atom stereocenters. The van der Waals surface area contributed by atoms with Gasteiger partial charge in [0.2, 0.25) is 0 Å². The second-order valence-electron chi connectivity index (χ2n) is 4.18. The lowest BCUT2D eigenvalue weighted by molar-refractivity contribution is 0.167. The van der Waals surface area contributed by atoms with Crippen molar-refractivity contribution < 1.29 is 9.53 Å². The molecule has 3 nitrogen and oxygen atoms in total. The van der Waals surface area contributed by atoms with Crippen molar-refractivity contribution in [3.05, 3.63) is 35.4 Å². The molecular weight excluding hydrogens is 202 g/mol. The van der Waals surface area contributed by atoms with E-state index >= 15 is 0 Å². The first-order chi connectivity index (χ1) is 7.54. The van der Waals surface area contributed by atoms with E-state index in [1.54, 1.807) is 0 Å². The summed E-state index contributed by atoms with van der Waals surface area (Å²) in [7, 11) is 1.36. The number of rotatable bonds is 3. The third-order valence-corrected chi connectivity index (χ3v) is 2.62. The molecule has 88 valence electrons. The molecule has 0 fully saturated rings. The van der Waals surface area contributed by atoms with Crippen LogP contribution in [0.1, 0.15) is 43.9 Å².